The molecule has 3 aromatic carbocycles. The maximum atomic E-state index is 13.2. The van der Waals surface area contributed by atoms with Crippen molar-refractivity contribution in [2.75, 3.05) is 43.9 Å². The highest BCUT2D eigenvalue weighted by Crippen LogP contribution is 2.36. The molecule has 2 amide bonds. The third kappa shape index (κ3) is 4.41. The van der Waals surface area contributed by atoms with Gasteiger partial charge in [-0.1, -0.05) is 55.4 Å². The Balaban J connectivity index is 1.40. The number of carbonyl (C=O) groups is 2. The molecule has 0 radical (unpaired) electrons. The van der Waals surface area contributed by atoms with Gasteiger partial charge >= 0.3 is 0 Å². The molecule has 2 aliphatic rings. The lowest BCUT2D eigenvalue weighted by Gasteiger charge is -2.38. The minimum absolute atomic E-state index is 0.176. The average Bonchev–Trinajstić information content (AvgIpc) is 2.91. The number of imide groups is 1. The first-order valence-electron chi connectivity index (χ1n) is 12.2. The number of nitrogens with zero attached hydrogens (tertiary/aromatic N) is 4. The summed E-state index contributed by atoms with van der Waals surface area (Å²) in [5.74, 6) is -0.351. The third-order valence-corrected chi connectivity index (χ3v) is 7.47. The van der Waals surface area contributed by atoms with E-state index >= 15 is 0 Å². The summed E-state index contributed by atoms with van der Waals surface area (Å²) in [6.07, 6.45) is 3.82. The number of hydrogen-bond acceptors (Lipinski definition) is 5. The van der Waals surface area contributed by atoms with Gasteiger partial charge in [-0.2, -0.15) is 0 Å². The second-order valence-corrected chi connectivity index (χ2v) is 9.66. The lowest BCUT2D eigenvalue weighted by atomic mass is 9.92. The van der Waals surface area contributed by atoms with Gasteiger partial charge in [0.25, 0.3) is 11.8 Å². The zero-order valence-corrected chi connectivity index (χ0v) is 21.1. The van der Waals surface area contributed by atoms with Crippen LogP contribution in [0.3, 0.4) is 0 Å². The van der Waals surface area contributed by atoms with E-state index in [0.717, 1.165) is 66.3 Å². The molecule has 1 saturated heterocycles. The highest BCUT2D eigenvalue weighted by molar-refractivity contribution is 8.13. The molecule has 1 fully saturated rings. The highest BCUT2D eigenvalue weighted by Gasteiger charge is 2.33. The van der Waals surface area contributed by atoms with Crippen LogP contribution in [0.4, 0.5) is 11.4 Å². The number of anilines is 1. The standard InChI is InChI=1S/C28H30N4O2S/c1-3-4-15-32-26(33)22-12-8-11-21-24(14-13-23(25(21)22)27(32)34)30-16-18-31(19-17-30)28(35-2)29-20-9-6-5-7-10-20/h5-14H,3-4,15-19H2,1-2H3. The van der Waals surface area contributed by atoms with Gasteiger partial charge in [0.05, 0.1) is 5.69 Å². The number of unbranched alkanes of at least 4 members (excludes halogenated alkanes) is 1. The fourth-order valence-electron chi connectivity index (χ4n) is 4.92. The summed E-state index contributed by atoms with van der Waals surface area (Å²) in [5.41, 5.74) is 3.31. The number of piperazine rings is 1. The predicted molar refractivity (Wildman–Crippen MR) is 145 cm³/mol. The number of aliphatic imine (C=N–C) groups is 1. The van der Waals surface area contributed by atoms with E-state index in [9.17, 15) is 9.59 Å². The number of rotatable bonds is 5. The number of thioether (sulfide) groups is 1. The molecule has 5 rings (SSSR count). The molecule has 0 aliphatic carbocycles. The number of amidine groups is 1. The molecule has 180 valence electrons. The van der Waals surface area contributed by atoms with Crippen LogP contribution in [0, 0.1) is 0 Å². The largest absolute Gasteiger partial charge is 0.367 e. The van der Waals surface area contributed by atoms with Crippen molar-refractivity contribution in [2.24, 2.45) is 4.99 Å². The first-order valence-corrected chi connectivity index (χ1v) is 13.4. The lowest BCUT2D eigenvalue weighted by molar-refractivity contribution is 0.0608. The smallest absolute Gasteiger partial charge is 0.261 e. The topological polar surface area (TPSA) is 56.2 Å². The van der Waals surface area contributed by atoms with E-state index in [-0.39, 0.29) is 11.8 Å². The van der Waals surface area contributed by atoms with Gasteiger partial charge in [0, 0.05) is 60.3 Å². The van der Waals surface area contributed by atoms with Crippen molar-refractivity contribution in [1.82, 2.24) is 9.80 Å². The minimum Gasteiger partial charge on any atom is -0.367 e. The van der Waals surface area contributed by atoms with Crippen LogP contribution in [0.25, 0.3) is 10.8 Å². The summed E-state index contributed by atoms with van der Waals surface area (Å²) in [6.45, 7) is 5.94. The summed E-state index contributed by atoms with van der Waals surface area (Å²) >= 11 is 1.67. The zero-order chi connectivity index (χ0) is 24.4. The molecule has 6 nitrogen and oxygen atoms in total. The summed E-state index contributed by atoms with van der Waals surface area (Å²) < 4.78 is 0. The van der Waals surface area contributed by atoms with E-state index in [1.54, 1.807) is 11.8 Å². The maximum absolute atomic E-state index is 13.2. The molecular formula is C28H30N4O2S. The highest BCUT2D eigenvalue weighted by atomic mass is 32.2. The van der Waals surface area contributed by atoms with Gasteiger partial charge in [0.15, 0.2) is 5.17 Å². The van der Waals surface area contributed by atoms with Gasteiger partial charge in [-0.05, 0) is 43.0 Å². The zero-order valence-electron chi connectivity index (χ0n) is 20.2. The Morgan fingerprint density at radius 3 is 2.29 bits per heavy atom. The fraction of sp³-hybridized carbons (Fsp3) is 0.321. The predicted octanol–water partition coefficient (Wildman–Crippen LogP) is 5.41. The van der Waals surface area contributed by atoms with E-state index < -0.39 is 0 Å². The Morgan fingerprint density at radius 2 is 1.60 bits per heavy atom. The van der Waals surface area contributed by atoms with Crippen molar-refractivity contribution < 1.29 is 9.59 Å². The van der Waals surface area contributed by atoms with E-state index in [1.165, 1.54) is 4.90 Å². The van der Waals surface area contributed by atoms with Crippen LogP contribution in [-0.4, -0.2) is 65.8 Å². The summed E-state index contributed by atoms with van der Waals surface area (Å²) in [6, 6.07) is 19.8. The van der Waals surface area contributed by atoms with Crippen molar-refractivity contribution in [1.29, 1.82) is 0 Å². The van der Waals surface area contributed by atoms with E-state index in [1.807, 2.05) is 54.6 Å². The third-order valence-electron chi connectivity index (χ3n) is 6.76. The summed E-state index contributed by atoms with van der Waals surface area (Å²) in [4.78, 5) is 37.3. The van der Waals surface area contributed by atoms with Crippen LogP contribution in [-0.2, 0) is 0 Å². The van der Waals surface area contributed by atoms with Crippen molar-refractivity contribution in [2.45, 2.75) is 19.8 Å². The Bertz CT molecular complexity index is 1260. The van der Waals surface area contributed by atoms with Crippen LogP contribution in [0.2, 0.25) is 0 Å². The van der Waals surface area contributed by atoms with Crippen molar-refractivity contribution in [3.63, 3.8) is 0 Å². The summed E-state index contributed by atoms with van der Waals surface area (Å²) in [5, 5.41) is 2.80. The monoisotopic (exact) mass is 486 g/mol. The molecular weight excluding hydrogens is 456 g/mol. The molecule has 0 spiro atoms. The molecule has 0 N–H and O–H groups in total. The van der Waals surface area contributed by atoms with E-state index in [2.05, 4.69) is 29.0 Å². The minimum atomic E-state index is -0.176. The molecule has 0 unspecified atom stereocenters. The Labute approximate surface area is 210 Å². The molecule has 0 atom stereocenters. The van der Waals surface area contributed by atoms with Gasteiger partial charge < -0.3 is 9.80 Å². The van der Waals surface area contributed by atoms with Gasteiger partial charge in [0.1, 0.15) is 0 Å². The van der Waals surface area contributed by atoms with Crippen LogP contribution >= 0.6 is 11.8 Å². The average molecular weight is 487 g/mol. The molecule has 2 aliphatic heterocycles. The summed E-state index contributed by atoms with van der Waals surface area (Å²) in [7, 11) is 0. The molecule has 7 heteroatoms. The normalized spacial score (nSPS) is 16.4. The SMILES string of the molecule is CCCCN1C(=O)c2cccc3c(N4CCN(C(=Nc5ccccc5)SC)CC4)ccc(c23)C1=O. The molecule has 0 aromatic heterocycles. The van der Waals surface area contributed by atoms with Crippen LogP contribution in [0.15, 0.2) is 65.7 Å². The van der Waals surface area contributed by atoms with Gasteiger partial charge in [-0.15, -0.1) is 0 Å². The van der Waals surface area contributed by atoms with Crippen LogP contribution in [0.5, 0.6) is 0 Å². The van der Waals surface area contributed by atoms with Gasteiger partial charge in [-0.25, -0.2) is 4.99 Å². The molecule has 35 heavy (non-hydrogen) atoms. The maximum Gasteiger partial charge on any atom is 0.261 e. The Morgan fingerprint density at radius 1 is 0.886 bits per heavy atom. The second-order valence-electron chi connectivity index (χ2n) is 8.88. The van der Waals surface area contributed by atoms with Crippen molar-refractivity contribution in [3.05, 3.63) is 71.8 Å². The molecule has 0 bridgehead atoms. The first-order chi connectivity index (χ1) is 17.1. The number of benzene rings is 3. The van der Waals surface area contributed by atoms with Gasteiger partial charge in [0.2, 0.25) is 0 Å². The Kier molecular flexibility index (Phi) is 6.77. The molecule has 3 aromatic rings. The van der Waals surface area contributed by atoms with Crippen LogP contribution < -0.4 is 4.90 Å². The van der Waals surface area contributed by atoms with E-state index in [0.29, 0.717) is 17.7 Å². The van der Waals surface area contributed by atoms with Crippen molar-refractivity contribution in [3.8, 4) is 0 Å². The number of carbonyl (C=O) groups excluding carboxylic acids is 2. The fourth-order valence-corrected chi connectivity index (χ4v) is 5.56. The quantitative estimate of drug-likeness (QED) is 0.274. The molecule has 2 heterocycles. The van der Waals surface area contributed by atoms with Gasteiger partial charge in [-0.3, -0.25) is 14.5 Å². The number of hydrogen-bond donors (Lipinski definition) is 0. The molecule has 0 saturated carbocycles. The second kappa shape index (κ2) is 10.1. The van der Waals surface area contributed by atoms with E-state index in [4.69, 9.17) is 4.99 Å². The number of para-hydroxylation sites is 1. The lowest BCUT2D eigenvalue weighted by Crippen LogP contribution is -2.48. The van der Waals surface area contributed by atoms with Crippen molar-refractivity contribution >= 4 is 50.9 Å². The van der Waals surface area contributed by atoms with Crippen LogP contribution in [0.1, 0.15) is 40.5 Å². The number of amides is 2. The Hall–Kier alpha value is -3.32. The first kappa shape index (κ1) is 23.4.